The molecule has 0 saturated heterocycles. The Kier molecular flexibility index (Phi) is 9.02. The second-order valence-corrected chi connectivity index (χ2v) is 2.11. The van der Waals surface area contributed by atoms with Gasteiger partial charge in [0, 0.05) is 0 Å². The maximum absolute atomic E-state index is 11.0. The first-order valence-electron chi connectivity index (χ1n) is 3.26. The van der Waals surface area contributed by atoms with Gasteiger partial charge in [-0.1, -0.05) is 0 Å². The molecular formula is C7H14N2NaO-. The monoisotopic (exact) mass is 165 g/mol. The molecule has 0 rings (SSSR count). The summed E-state index contributed by atoms with van der Waals surface area (Å²) in [5, 5.41) is 0. The Balaban J connectivity index is 0. The fraction of sp³-hybridized carbons (Fsp3) is 0.571. The molecule has 4 heteroatoms. The minimum atomic E-state index is -0.441. The van der Waals surface area contributed by atoms with Gasteiger partial charge in [0.15, 0.2) is 0 Å². The zero-order valence-electron chi connectivity index (χ0n) is 7.34. The average Bonchev–Trinajstić information content (AvgIpc) is 1.90. The molecular weight excluding hydrogens is 151 g/mol. The summed E-state index contributed by atoms with van der Waals surface area (Å²) in [4.78, 5) is 12.5. The van der Waals surface area contributed by atoms with Gasteiger partial charge in [-0.05, 0) is 6.92 Å². The maximum atomic E-state index is 11.0. The van der Waals surface area contributed by atoms with Crippen molar-refractivity contribution in [2.24, 2.45) is 5.73 Å². The van der Waals surface area contributed by atoms with Crippen LogP contribution in [0.4, 0.5) is 0 Å². The van der Waals surface area contributed by atoms with Gasteiger partial charge < -0.3 is 24.5 Å². The molecule has 60 valence electrons. The average molecular weight is 165 g/mol. The van der Waals surface area contributed by atoms with Crippen molar-refractivity contribution < 1.29 is 34.4 Å². The van der Waals surface area contributed by atoms with E-state index in [0.717, 1.165) is 0 Å². The number of hydrogen-bond donors (Lipinski definition) is 1. The maximum Gasteiger partial charge on any atom is 1.00 e. The largest absolute Gasteiger partial charge is 1.00 e. The molecule has 2 N–H and O–H groups in total. The van der Waals surface area contributed by atoms with Crippen LogP contribution in [0.1, 0.15) is 6.92 Å². The third-order valence-corrected chi connectivity index (χ3v) is 1.24. The standard InChI is InChI=1S/C7H14N2O.Na/c1-4-9(5-2)7(10)6(3)8;/h6H,1-2,4-5,8H2,3H3;/q-2;+1. The van der Waals surface area contributed by atoms with Crippen LogP contribution in [0.2, 0.25) is 0 Å². The molecule has 0 aliphatic carbocycles. The van der Waals surface area contributed by atoms with Gasteiger partial charge in [-0.25, -0.2) is 0 Å². The number of carbonyl (C=O) groups excluding carboxylic acids is 1. The van der Waals surface area contributed by atoms with Crippen molar-refractivity contribution in [1.82, 2.24) is 4.90 Å². The van der Waals surface area contributed by atoms with Gasteiger partial charge >= 0.3 is 29.6 Å². The molecule has 0 aliphatic heterocycles. The number of carbonyl (C=O) groups is 1. The topological polar surface area (TPSA) is 46.3 Å². The number of rotatable bonds is 3. The first-order valence-corrected chi connectivity index (χ1v) is 3.26. The van der Waals surface area contributed by atoms with Gasteiger partial charge in [0.25, 0.3) is 0 Å². The smallest absolute Gasteiger partial charge is 0.401 e. The first-order chi connectivity index (χ1) is 4.63. The van der Waals surface area contributed by atoms with E-state index in [2.05, 4.69) is 13.8 Å². The molecule has 1 amide bonds. The molecule has 0 radical (unpaired) electrons. The Morgan fingerprint density at radius 2 is 1.91 bits per heavy atom. The van der Waals surface area contributed by atoms with Crippen molar-refractivity contribution >= 4 is 5.91 Å². The molecule has 3 nitrogen and oxygen atoms in total. The van der Waals surface area contributed by atoms with E-state index in [1.165, 1.54) is 4.90 Å². The van der Waals surface area contributed by atoms with Crippen LogP contribution in [0.25, 0.3) is 0 Å². The van der Waals surface area contributed by atoms with Crippen molar-refractivity contribution in [2.45, 2.75) is 13.0 Å². The molecule has 0 saturated carbocycles. The molecule has 0 aliphatic rings. The molecule has 0 aromatic rings. The third kappa shape index (κ3) is 4.80. The van der Waals surface area contributed by atoms with E-state index in [4.69, 9.17) is 5.73 Å². The van der Waals surface area contributed by atoms with Crippen molar-refractivity contribution in [3.05, 3.63) is 13.8 Å². The van der Waals surface area contributed by atoms with Gasteiger partial charge in [0.2, 0.25) is 5.91 Å². The number of nitrogens with zero attached hydrogens (tertiary/aromatic N) is 1. The van der Waals surface area contributed by atoms with E-state index in [9.17, 15) is 4.79 Å². The minimum Gasteiger partial charge on any atom is -0.401 e. The van der Waals surface area contributed by atoms with Crippen LogP contribution in [0.5, 0.6) is 0 Å². The molecule has 0 aromatic heterocycles. The predicted molar refractivity (Wildman–Crippen MR) is 40.9 cm³/mol. The second-order valence-electron chi connectivity index (χ2n) is 2.11. The molecule has 0 bridgehead atoms. The summed E-state index contributed by atoms with van der Waals surface area (Å²) in [6.45, 7) is 9.66. The van der Waals surface area contributed by atoms with Gasteiger partial charge in [-0.3, -0.25) is 4.79 Å². The summed E-state index contributed by atoms with van der Waals surface area (Å²) in [5.74, 6) is -0.0926. The third-order valence-electron chi connectivity index (χ3n) is 1.24. The molecule has 0 aromatic carbocycles. The van der Waals surface area contributed by atoms with E-state index in [-0.39, 0.29) is 35.5 Å². The molecule has 0 fully saturated rings. The summed E-state index contributed by atoms with van der Waals surface area (Å²) in [5.41, 5.74) is 5.34. The van der Waals surface area contributed by atoms with Gasteiger partial charge in [-0.2, -0.15) is 0 Å². The summed E-state index contributed by atoms with van der Waals surface area (Å²) >= 11 is 0. The Morgan fingerprint density at radius 3 is 2.00 bits per heavy atom. The summed E-state index contributed by atoms with van der Waals surface area (Å²) in [7, 11) is 0. The van der Waals surface area contributed by atoms with Gasteiger partial charge in [0.1, 0.15) is 0 Å². The van der Waals surface area contributed by atoms with E-state index >= 15 is 0 Å². The fourth-order valence-electron chi connectivity index (χ4n) is 0.620. The fourth-order valence-corrected chi connectivity index (χ4v) is 0.620. The molecule has 1 atom stereocenters. The van der Waals surface area contributed by atoms with Crippen LogP contribution in [0, 0.1) is 13.8 Å². The van der Waals surface area contributed by atoms with Crippen LogP contribution < -0.4 is 35.3 Å². The van der Waals surface area contributed by atoms with Crippen LogP contribution >= 0.6 is 0 Å². The quantitative estimate of drug-likeness (QED) is 0.354. The van der Waals surface area contributed by atoms with Crippen molar-refractivity contribution in [3.63, 3.8) is 0 Å². The van der Waals surface area contributed by atoms with E-state index < -0.39 is 6.04 Å². The van der Waals surface area contributed by atoms with E-state index in [1.54, 1.807) is 6.92 Å². The zero-order valence-corrected chi connectivity index (χ0v) is 9.34. The summed E-state index contributed by atoms with van der Waals surface area (Å²) in [6.07, 6.45) is 0. The van der Waals surface area contributed by atoms with Gasteiger partial charge in [-0.15, -0.1) is 13.1 Å². The first kappa shape index (κ1) is 14.0. The van der Waals surface area contributed by atoms with Crippen LogP contribution in [-0.4, -0.2) is 29.9 Å². The molecule has 11 heavy (non-hydrogen) atoms. The number of hydrogen-bond acceptors (Lipinski definition) is 2. The van der Waals surface area contributed by atoms with E-state index in [1.807, 2.05) is 0 Å². The summed E-state index contributed by atoms with van der Waals surface area (Å²) in [6, 6.07) is -0.441. The Morgan fingerprint density at radius 1 is 1.55 bits per heavy atom. The van der Waals surface area contributed by atoms with E-state index in [0.29, 0.717) is 13.1 Å². The second kappa shape index (κ2) is 7.10. The minimum absolute atomic E-state index is 0. The number of nitrogens with two attached hydrogens (primary N) is 1. The Bertz CT molecular complexity index is 113. The van der Waals surface area contributed by atoms with Crippen molar-refractivity contribution in [2.75, 3.05) is 13.1 Å². The van der Waals surface area contributed by atoms with Crippen LogP contribution in [0.15, 0.2) is 0 Å². The van der Waals surface area contributed by atoms with Gasteiger partial charge in [0.05, 0.1) is 6.04 Å². The Labute approximate surface area is 90.6 Å². The zero-order chi connectivity index (χ0) is 8.15. The normalized spacial score (nSPS) is 11.6. The van der Waals surface area contributed by atoms with Crippen LogP contribution in [-0.2, 0) is 4.79 Å². The number of amides is 1. The molecule has 0 heterocycles. The molecule has 1 unspecified atom stereocenters. The summed E-state index contributed by atoms with van der Waals surface area (Å²) < 4.78 is 0. The van der Waals surface area contributed by atoms with Crippen LogP contribution in [0.3, 0.4) is 0 Å². The van der Waals surface area contributed by atoms with Crippen molar-refractivity contribution in [1.29, 1.82) is 0 Å². The Hall–Kier alpha value is 0.430. The molecule has 0 spiro atoms. The van der Waals surface area contributed by atoms with Crippen molar-refractivity contribution in [3.8, 4) is 0 Å². The SMILES string of the molecule is [CH2-]CN(C[CH2-])C(=O)C(C)N.[Na+]. The predicted octanol–water partition coefficient (Wildman–Crippen LogP) is -3.17.